The van der Waals surface area contributed by atoms with Crippen LogP contribution < -0.4 is 0 Å². The first-order chi connectivity index (χ1) is 6.97. The van der Waals surface area contributed by atoms with Gasteiger partial charge in [0.2, 0.25) is 0 Å². The number of allylic oxidation sites excluding steroid dienone is 2. The second-order valence-electron chi connectivity index (χ2n) is 5.60. The number of hydrogen-bond donors (Lipinski definition) is 1. The van der Waals surface area contributed by atoms with Crippen LogP contribution in [-0.4, -0.2) is 11.2 Å². The van der Waals surface area contributed by atoms with Crippen molar-refractivity contribution < 1.29 is 5.11 Å². The summed E-state index contributed by atoms with van der Waals surface area (Å²) < 4.78 is 0. The molecule has 1 nitrogen and oxygen atoms in total. The minimum Gasteiger partial charge on any atom is -0.392 e. The fourth-order valence-electron chi connectivity index (χ4n) is 3.49. The van der Waals surface area contributed by atoms with Gasteiger partial charge in [-0.15, -0.1) is 0 Å². The van der Waals surface area contributed by atoms with Crippen LogP contribution in [0.1, 0.15) is 40.0 Å². The Kier molecular flexibility index (Phi) is 2.54. The Morgan fingerprint density at radius 2 is 2.27 bits per heavy atom. The molecule has 0 aromatic rings. The molecule has 84 valence electrons. The van der Waals surface area contributed by atoms with E-state index in [0.29, 0.717) is 11.8 Å². The summed E-state index contributed by atoms with van der Waals surface area (Å²) in [5.74, 6) is 0.942. The van der Waals surface area contributed by atoms with Crippen LogP contribution in [0.2, 0.25) is 0 Å². The highest BCUT2D eigenvalue weighted by Crippen LogP contribution is 2.55. The van der Waals surface area contributed by atoms with Gasteiger partial charge in [0, 0.05) is 5.92 Å². The maximum atomic E-state index is 10.1. The summed E-state index contributed by atoms with van der Waals surface area (Å²) in [6.45, 7) is 10.8. The lowest BCUT2D eigenvalue weighted by molar-refractivity contribution is -0.00600. The third-order valence-corrected chi connectivity index (χ3v) is 4.81. The average Bonchev–Trinajstić information content (AvgIpc) is 2.16. The lowest BCUT2D eigenvalue weighted by Gasteiger charge is -2.51. The molecule has 0 radical (unpaired) electrons. The molecular weight excluding hydrogens is 184 g/mol. The lowest BCUT2D eigenvalue weighted by atomic mass is 9.54. The highest BCUT2D eigenvalue weighted by atomic mass is 16.3. The highest BCUT2D eigenvalue weighted by molar-refractivity contribution is 5.24. The van der Waals surface area contributed by atoms with E-state index in [1.165, 1.54) is 11.1 Å². The van der Waals surface area contributed by atoms with Crippen LogP contribution >= 0.6 is 0 Å². The van der Waals surface area contributed by atoms with E-state index in [9.17, 15) is 5.11 Å². The third kappa shape index (κ3) is 1.48. The van der Waals surface area contributed by atoms with Gasteiger partial charge in [0.1, 0.15) is 0 Å². The average molecular weight is 206 g/mol. The molecule has 2 aliphatic rings. The molecule has 0 aromatic heterocycles. The molecule has 0 amide bonds. The molecule has 2 rings (SSSR count). The first kappa shape index (κ1) is 10.9. The zero-order valence-corrected chi connectivity index (χ0v) is 10.1. The van der Waals surface area contributed by atoms with Gasteiger partial charge in [0.25, 0.3) is 0 Å². The molecule has 1 heteroatoms. The Morgan fingerprint density at radius 3 is 2.87 bits per heavy atom. The van der Waals surface area contributed by atoms with Gasteiger partial charge in [-0.1, -0.05) is 30.7 Å². The first-order valence-electron chi connectivity index (χ1n) is 5.98. The fraction of sp³-hybridized carbons (Fsp3) is 0.714. The van der Waals surface area contributed by atoms with Crippen molar-refractivity contribution in [3.05, 3.63) is 23.8 Å². The molecule has 4 atom stereocenters. The SMILES string of the molecule is C=C(C)[C@@]12CC=C(C)[C@@H](C1)[C@@H](O)C[C@H]2C. The van der Waals surface area contributed by atoms with Crippen molar-refractivity contribution in [2.45, 2.75) is 46.1 Å². The number of rotatable bonds is 1. The van der Waals surface area contributed by atoms with Crippen LogP contribution in [0.25, 0.3) is 0 Å². The Balaban J connectivity index is 2.39. The van der Waals surface area contributed by atoms with Gasteiger partial charge in [-0.05, 0) is 44.4 Å². The molecule has 0 heterocycles. The summed E-state index contributed by atoms with van der Waals surface area (Å²) in [6.07, 6.45) is 5.35. The molecule has 2 aliphatic carbocycles. The maximum Gasteiger partial charge on any atom is 0.0608 e. The van der Waals surface area contributed by atoms with Gasteiger partial charge in [-0.2, -0.15) is 0 Å². The van der Waals surface area contributed by atoms with Crippen molar-refractivity contribution in [2.24, 2.45) is 17.3 Å². The summed E-state index contributed by atoms with van der Waals surface area (Å²) in [5.41, 5.74) is 2.95. The van der Waals surface area contributed by atoms with Crippen LogP contribution in [0, 0.1) is 17.3 Å². The number of aliphatic hydroxyl groups excluding tert-OH is 1. The smallest absolute Gasteiger partial charge is 0.0608 e. The normalized spacial score (nSPS) is 44.8. The maximum absolute atomic E-state index is 10.1. The van der Waals surface area contributed by atoms with Gasteiger partial charge < -0.3 is 5.11 Å². The summed E-state index contributed by atoms with van der Waals surface area (Å²) in [7, 11) is 0. The van der Waals surface area contributed by atoms with Gasteiger partial charge in [-0.3, -0.25) is 0 Å². The van der Waals surface area contributed by atoms with Gasteiger partial charge in [-0.25, -0.2) is 0 Å². The van der Waals surface area contributed by atoms with Gasteiger partial charge in [0.05, 0.1) is 6.10 Å². The van der Waals surface area contributed by atoms with E-state index in [0.717, 1.165) is 19.3 Å². The molecule has 0 aliphatic heterocycles. The van der Waals surface area contributed by atoms with Gasteiger partial charge >= 0.3 is 0 Å². The van der Waals surface area contributed by atoms with E-state index in [2.05, 4.69) is 33.4 Å². The molecule has 1 saturated carbocycles. The van der Waals surface area contributed by atoms with Crippen molar-refractivity contribution in [1.29, 1.82) is 0 Å². The van der Waals surface area contributed by atoms with Crippen LogP contribution in [0.3, 0.4) is 0 Å². The van der Waals surface area contributed by atoms with Crippen LogP contribution in [0.15, 0.2) is 23.8 Å². The summed E-state index contributed by atoms with van der Waals surface area (Å²) in [6, 6.07) is 0. The van der Waals surface area contributed by atoms with E-state index in [-0.39, 0.29) is 11.5 Å². The number of hydrogen-bond acceptors (Lipinski definition) is 1. The lowest BCUT2D eigenvalue weighted by Crippen LogP contribution is -2.45. The standard InChI is InChI=1S/C14H22O/c1-9(2)14-6-5-10(3)12(8-14)13(15)7-11(14)4/h5,11-13,15H,1,6-8H2,2-4H3/t11-,12-,13+,14-/m1/s1. The third-order valence-electron chi connectivity index (χ3n) is 4.81. The van der Waals surface area contributed by atoms with Gasteiger partial charge in [0.15, 0.2) is 0 Å². The molecular formula is C14H22O. The molecule has 0 saturated heterocycles. The highest BCUT2D eigenvalue weighted by Gasteiger charge is 2.47. The van der Waals surface area contributed by atoms with Crippen molar-refractivity contribution in [2.75, 3.05) is 0 Å². The van der Waals surface area contributed by atoms with Crippen LogP contribution in [-0.2, 0) is 0 Å². The van der Waals surface area contributed by atoms with Crippen LogP contribution in [0.5, 0.6) is 0 Å². The van der Waals surface area contributed by atoms with E-state index in [1.54, 1.807) is 0 Å². The second-order valence-corrected chi connectivity index (χ2v) is 5.60. The first-order valence-corrected chi connectivity index (χ1v) is 5.98. The quantitative estimate of drug-likeness (QED) is 0.653. The minimum absolute atomic E-state index is 0.135. The largest absolute Gasteiger partial charge is 0.392 e. The van der Waals surface area contributed by atoms with E-state index >= 15 is 0 Å². The molecule has 2 bridgehead atoms. The summed E-state index contributed by atoms with van der Waals surface area (Å²) >= 11 is 0. The van der Waals surface area contributed by atoms with E-state index < -0.39 is 0 Å². The van der Waals surface area contributed by atoms with Crippen molar-refractivity contribution in [3.63, 3.8) is 0 Å². The molecule has 0 aromatic carbocycles. The fourth-order valence-corrected chi connectivity index (χ4v) is 3.49. The van der Waals surface area contributed by atoms with E-state index in [1.807, 2.05) is 0 Å². The van der Waals surface area contributed by atoms with Crippen molar-refractivity contribution in [3.8, 4) is 0 Å². The Labute approximate surface area is 92.9 Å². The topological polar surface area (TPSA) is 20.2 Å². The summed E-state index contributed by atoms with van der Waals surface area (Å²) in [5, 5.41) is 10.1. The Hall–Kier alpha value is -0.560. The van der Waals surface area contributed by atoms with Crippen molar-refractivity contribution in [1.82, 2.24) is 0 Å². The van der Waals surface area contributed by atoms with Crippen LogP contribution in [0.4, 0.5) is 0 Å². The number of aliphatic hydroxyl groups is 1. The monoisotopic (exact) mass is 206 g/mol. The zero-order chi connectivity index (χ0) is 11.2. The Bertz CT molecular complexity index is 315. The number of fused-ring (bicyclic) bond motifs is 2. The molecule has 0 unspecified atom stereocenters. The molecule has 15 heavy (non-hydrogen) atoms. The summed E-state index contributed by atoms with van der Waals surface area (Å²) in [4.78, 5) is 0. The molecule has 1 N–H and O–H groups in total. The zero-order valence-electron chi connectivity index (χ0n) is 10.1. The van der Waals surface area contributed by atoms with Crippen molar-refractivity contribution >= 4 is 0 Å². The Morgan fingerprint density at radius 1 is 1.60 bits per heavy atom. The second kappa shape index (κ2) is 3.48. The predicted octanol–water partition coefficient (Wildman–Crippen LogP) is 3.31. The molecule has 0 spiro atoms. The van der Waals surface area contributed by atoms with E-state index in [4.69, 9.17) is 0 Å². The predicted molar refractivity (Wildman–Crippen MR) is 63.5 cm³/mol. The minimum atomic E-state index is -0.135. The molecule has 1 fully saturated rings.